The Kier molecular flexibility index (Phi) is 7.53. The molecule has 30 heavy (non-hydrogen) atoms. The molecule has 2 aromatic rings. The lowest BCUT2D eigenvalue weighted by molar-refractivity contribution is 0.138. The van der Waals surface area contributed by atoms with Gasteiger partial charge < -0.3 is 19.5 Å². The molecule has 0 spiro atoms. The first-order valence-electron chi connectivity index (χ1n) is 9.39. The summed E-state index contributed by atoms with van der Waals surface area (Å²) in [6.45, 7) is 1.84. The summed E-state index contributed by atoms with van der Waals surface area (Å²) < 4.78 is 43.0. The van der Waals surface area contributed by atoms with Gasteiger partial charge in [-0.3, -0.25) is 0 Å². The van der Waals surface area contributed by atoms with E-state index in [9.17, 15) is 13.7 Å². The van der Waals surface area contributed by atoms with E-state index in [-0.39, 0.29) is 28.4 Å². The van der Waals surface area contributed by atoms with Crippen LogP contribution in [0.4, 0.5) is 11.6 Å². The fourth-order valence-corrected chi connectivity index (χ4v) is 3.78. The number of hydrogen-bond donors (Lipinski definition) is 2. The maximum atomic E-state index is 12.3. The van der Waals surface area contributed by atoms with Gasteiger partial charge in [0.2, 0.25) is 21.9 Å². The minimum absolute atomic E-state index is 0.150. The van der Waals surface area contributed by atoms with Crippen LogP contribution in [0.5, 0.6) is 5.88 Å². The number of sulfonamides is 1. The van der Waals surface area contributed by atoms with E-state index in [0.29, 0.717) is 38.5 Å². The summed E-state index contributed by atoms with van der Waals surface area (Å²) in [5.74, 6) is 0.418. The van der Waals surface area contributed by atoms with Crippen molar-refractivity contribution in [2.75, 3.05) is 38.8 Å². The van der Waals surface area contributed by atoms with Crippen LogP contribution in [0.25, 0.3) is 0 Å². The first-order valence-corrected chi connectivity index (χ1v) is 10.9. The number of aromatic nitrogens is 2. The highest BCUT2D eigenvalue weighted by Crippen LogP contribution is 2.22. The van der Waals surface area contributed by atoms with E-state index in [1.165, 1.54) is 18.3 Å². The highest BCUT2D eigenvalue weighted by atomic mass is 32.2. The highest BCUT2D eigenvalue weighted by Gasteiger charge is 2.20. The average Bonchev–Trinajstić information content (AvgIpc) is 3.25. The van der Waals surface area contributed by atoms with Crippen molar-refractivity contribution in [2.45, 2.75) is 23.8 Å². The molecule has 11 heteroatoms. The van der Waals surface area contributed by atoms with Crippen molar-refractivity contribution in [3.05, 3.63) is 36.0 Å². The van der Waals surface area contributed by atoms with Gasteiger partial charge in [0, 0.05) is 32.4 Å². The molecule has 0 bridgehead atoms. The van der Waals surface area contributed by atoms with Crippen molar-refractivity contribution >= 4 is 21.7 Å². The minimum Gasteiger partial charge on any atom is -0.471 e. The Balaban J connectivity index is 1.67. The van der Waals surface area contributed by atoms with Crippen LogP contribution in [-0.4, -0.2) is 58.0 Å². The largest absolute Gasteiger partial charge is 0.471 e. The molecule has 1 aromatic carbocycles. The predicted octanol–water partition coefficient (Wildman–Crippen LogP) is 1.57. The van der Waals surface area contributed by atoms with Crippen LogP contribution in [0, 0.1) is 11.3 Å². The maximum absolute atomic E-state index is 12.3. The third kappa shape index (κ3) is 5.87. The minimum atomic E-state index is -3.59. The summed E-state index contributed by atoms with van der Waals surface area (Å²) in [7, 11) is -2.03. The topological polar surface area (TPSA) is 135 Å². The van der Waals surface area contributed by atoms with Crippen molar-refractivity contribution in [2.24, 2.45) is 0 Å². The molecule has 1 aliphatic heterocycles. The SMILES string of the molecule is COCCCNS(=O)(=O)c1ccc(Nc2ncc(C#N)c(OC3CCOC3)n2)cc1. The van der Waals surface area contributed by atoms with Crippen molar-refractivity contribution in [1.82, 2.24) is 14.7 Å². The summed E-state index contributed by atoms with van der Waals surface area (Å²) in [6, 6.07) is 8.19. The second-order valence-electron chi connectivity index (χ2n) is 6.52. The Hall–Kier alpha value is -2.78. The van der Waals surface area contributed by atoms with Crippen LogP contribution in [0.2, 0.25) is 0 Å². The molecule has 0 saturated carbocycles. The molecule has 0 aliphatic carbocycles. The summed E-state index contributed by atoms with van der Waals surface area (Å²) >= 11 is 0. The number of nitrogens with zero attached hydrogens (tertiary/aromatic N) is 3. The third-order valence-electron chi connectivity index (χ3n) is 4.28. The number of hydrogen-bond acceptors (Lipinski definition) is 9. The van der Waals surface area contributed by atoms with E-state index in [4.69, 9.17) is 14.2 Å². The van der Waals surface area contributed by atoms with E-state index >= 15 is 0 Å². The van der Waals surface area contributed by atoms with Crippen molar-refractivity contribution in [1.29, 1.82) is 5.26 Å². The first-order chi connectivity index (χ1) is 14.5. The van der Waals surface area contributed by atoms with Gasteiger partial charge in [-0.05, 0) is 30.7 Å². The quantitative estimate of drug-likeness (QED) is 0.535. The van der Waals surface area contributed by atoms with Crippen LogP contribution < -0.4 is 14.8 Å². The van der Waals surface area contributed by atoms with Gasteiger partial charge in [-0.1, -0.05) is 0 Å². The van der Waals surface area contributed by atoms with Gasteiger partial charge in [-0.25, -0.2) is 18.1 Å². The van der Waals surface area contributed by atoms with Crippen LogP contribution in [0.1, 0.15) is 18.4 Å². The molecule has 1 aliphatic rings. The van der Waals surface area contributed by atoms with Crippen LogP contribution in [0.15, 0.2) is 35.4 Å². The molecular weight excluding hydrogens is 410 g/mol. The molecule has 2 N–H and O–H groups in total. The standard InChI is InChI=1S/C19H23N5O5S/c1-27-9-2-8-22-30(25,26)17-5-3-15(4-6-17)23-19-21-12-14(11-20)18(24-19)29-16-7-10-28-13-16/h3-6,12,16,22H,2,7-10,13H2,1H3,(H,21,23,24). The van der Waals surface area contributed by atoms with Gasteiger partial charge in [0.15, 0.2) is 0 Å². The number of benzene rings is 1. The van der Waals surface area contributed by atoms with Crippen LogP contribution in [0.3, 0.4) is 0 Å². The molecule has 0 amide bonds. The van der Waals surface area contributed by atoms with Gasteiger partial charge in [0.05, 0.1) is 24.3 Å². The molecule has 1 fully saturated rings. The summed E-state index contributed by atoms with van der Waals surface area (Å²) in [6.07, 6.45) is 2.54. The van der Waals surface area contributed by atoms with Crippen LogP contribution in [-0.2, 0) is 19.5 Å². The van der Waals surface area contributed by atoms with Gasteiger partial charge in [-0.15, -0.1) is 0 Å². The lowest BCUT2D eigenvalue weighted by atomic mass is 10.3. The van der Waals surface area contributed by atoms with Crippen LogP contribution >= 0.6 is 0 Å². The zero-order chi connectivity index (χ0) is 21.4. The number of ether oxygens (including phenoxy) is 3. The monoisotopic (exact) mass is 433 g/mol. The zero-order valence-corrected chi connectivity index (χ0v) is 17.3. The summed E-state index contributed by atoms with van der Waals surface area (Å²) in [4.78, 5) is 8.53. The lowest BCUT2D eigenvalue weighted by Crippen LogP contribution is -2.25. The highest BCUT2D eigenvalue weighted by molar-refractivity contribution is 7.89. The van der Waals surface area contributed by atoms with Gasteiger partial charge in [0.25, 0.3) is 0 Å². The fourth-order valence-electron chi connectivity index (χ4n) is 2.71. The third-order valence-corrected chi connectivity index (χ3v) is 5.76. The number of nitriles is 1. The second kappa shape index (κ2) is 10.3. The Morgan fingerprint density at radius 3 is 2.80 bits per heavy atom. The first kappa shape index (κ1) is 21.9. The molecule has 10 nitrogen and oxygen atoms in total. The second-order valence-corrected chi connectivity index (χ2v) is 8.29. The van der Waals surface area contributed by atoms with Gasteiger partial charge >= 0.3 is 0 Å². The Labute approximate surface area is 175 Å². The molecule has 2 heterocycles. The summed E-state index contributed by atoms with van der Waals surface area (Å²) in [5.41, 5.74) is 0.821. The molecule has 160 valence electrons. The van der Waals surface area contributed by atoms with E-state index in [0.717, 1.165) is 6.42 Å². The molecular formula is C19H23N5O5S. The number of rotatable bonds is 10. The van der Waals surface area contributed by atoms with Crippen molar-refractivity contribution < 1.29 is 22.6 Å². The van der Waals surface area contributed by atoms with E-state index < -0.39 is 10.0 Å². The molecule has 1 atom stereocenters. The predicted molar refractivity (Wildman–Crippen MR) is 108 cm³/mol. The molecule has 1 unspecified atom stereocenters. The Morgan fingerprint density at radius 1 is 1.33 bits per heavy atom. The number of methoxy groups -OCH3 is 1. The smallest absolute Gasteiger partial charge is 0.240 e. The maximum Gasteiger partial charge on any atom is 0.240 e. The zero-order valence-electron chi connectivity index (χ0n) is 16.5. The van der Waals surface area contributed by atoms with Gasteiger partial charge in [-0.2, -0.15) is 10.2 Å². The van der Waals surface area contributed by atoms with E-state index in [2.05, 4.69) is 20.0 Å². The number of nitrogens with one attached hydrogen (secondary N) is 2. The number of anilines is 2. The Morgan fingerprint density at radius 2 is 2.13 bits per heavy atom. The normalized spacial score (nSPS) is 16.2. The van der Waals surface area contributed by atoms with Gasteiger partial charge in [0.1, 0.15) is 17.7 Å². The Bertz CT molecular complexity index is 985. The molecule has 0 radical (unpaired) electrons. The van der Waals surface area contributed by atoms with Crippen molar-refractivity contribution in [3.63, 3.8) is 0 Å². The van der Waals surface area contributed by atoms with E-state index in [1.54, 1.807) is 19.2 Å². The lowest BCUT2D eigenvalue weighted by Gasteiger charge is -2.13. The molecule has 1 aromatic heterocycles. The fraction of sp³-hybridized carbons (Fsp3) is 0.421. The van der Waals surface area contributed by atoms with Crippen molar-refractivity contribution in [3.8, 4) is 11.9 Å². The molecule has 3 rings (SSSR count). The average molecular weight is 433 g/mol. The summed E-state index contributed by atoms with van der Waals surface area (Å²) in [5, 5.41) is 12.2. The molecule has 1 saturated heterocycles. The van der Waals surface area contributed by atoms with E-state index in [1.807, 2.05) is 6.07 Å².